The minimum Gasteiger partial charge on any atom is -0.378 e. The Labute approximate surface area is 130 Å². The molecule has 0 aliphatic heterocycles. The smallest absolute Gasteiger partial charge is 0.343 e. The van der Waals surface area contributed by atoms with E-state index in [1.807, 2.05) is 0 Å². The first-order valence-corrected chi connectivity index (χ1v) is 7.00. The van der Waals surface area contributed by atoms with E-state index >= 15 is 0 Å². The summed E-state index contributed by atoms with van der Waals surface area (Å²) >= 11 is 0. The zero-order valence-electron chi connectivity index (χ0n) is 12.1. The van der Waals surface area contributed by atoms with Gasteiger partial charge < -0.3 is 5.32 Å². The van der Waals surface area contributed by atoms with Gasteiger partial charge >= 0.3 is 5.69 Å². The van der Waals surface area contributed by atoms with Crippen LogP contribution >= 0.6 is 0 Å². The van der Waals surface area contributed by atoms with Gasteiger partial charge in [0, 0.05) is 5.69 Å². The number of H-pyrrole nitrogens is 1. The lowest BCUT2D eigenvalue weighted by Crippen LogP contribution is -2.18. The van der Waals surface area contributed by atoms with Crippen molar-refractivity contribution in [2.45, 2.75) is 13.1 Å². The number of hydrogen-bond donors (Lipinski definition) is 2. The van der Waals surface area contributed by atoms with Crippen molar-refractivity contribution < 1.29 is 8.78 Å². The van der Waals surface area contributed by atoms with Crippen LogP contribution in [0.3, 0.4) is 0 Å². The molecule has 3 rings (SSSR count). The first-order chi connectivity index (χ1) is 11.1. The molecule has 7 heteroatoms. The SMILES string of the molecule is O=c1[nH]c(CNc2ccc(F)cc2)nn1Cc1ccc(F)cc1. The lowest BCUT2D eigenvalue weighted by Gasteiger charge is -2.03. The van der Waals surface area contributed by atoms with Crippen LogP contribution < -0.4 is 11.0 Å². The molecule has 1 heterocycles. The summed E-state index contributed by atoms with van der Waals surface area (Å²) in [4.78, 5) is 14.5. The second-order valence-corrected chi connectivity index (χ2v) is 5.02. The number of rotatable bonds is 5. The molecule has 0 bridgehead atoms. The molecular weight excluding hydrogens is 302 g/mol. The van der Waals surface area contributed by atoms with Crippen molar-refractivity contribution in [2.24, 2.45) is 0 Å². The highest BCUT2D eigenvalue weighted by Crippen LogP contribution is 2.09. The highest BCUT2D eigenvalue weighted by atomic mass is 19.1. The quantitative estimate of drug-likeness (QED) is 0.760. The number of nitrogens with one attached hydrogen (secondary N) is 2. The number of benzene rings is 2. The first kappa shape index (κ1) is 15.0. The zero-order valence-corrected chi connectivity index (χ0v) is 12.1. The minimum atomic E-state index is -0.342. The van der Waals surface area contributed by atoms with E-state index in [4.69, 9.17) is 0 Å². The summed E-state index contributed by atoms with van der Waals surface area (Å²) in [6.45, 7) is 0.559. The van der Waals surface area contributed by atoms with Gasteiger partial charge in [-0.25, -0.2) is 18.3 Å². The first-order valence-electron chi connectivity index (χ1n) is 7.00. The third-order valence-corrected chi connectivity index (χ3v) is 3.28. The number of halogens is 2. The largest absolute Gasteiger partial charge is 0.378 e. The van der Waals surface area contributed by atoms with Crippen molar-refractivity contribution in [3.8, 4) is 0 Å². The van der Waals surface area contributed by atoms with E-state index in [9.17, 15) is 13.6 Å². The Bertz CT molecular complexity index is 838. The van der Waals surface area contributed by atoms with Gasteiger partial charge in [-0.1, -0.05) is 12.1 Å². The van der Waals surface area contributed by atoms with E-state index in [0.29, 0.717) is 12.4 Å². The molecule has 0 radical (unpaired) electrons. The van der Waals surface area contributed by atoms with Gasteiger partial charge in [-0.05, 0) is 42.0 Å². The third-order valence-electron chi connectivity index (χ3n) is 3.28. The molecule has 0 aliphatic rings. The van der Waals surface area contributed by atoms with Crippen LogP contribution in [0.15, 0.2) is 53.3 Å². The molecule has 0 aliphatic carbocycles. The van der Waals surface area contributed by atoms with Gasteiger partial charge in [0.25, 0.3) is 0 Å². The van der Waals surface area contributed by atoms with Crippen molar-refractivity contribution in [2.75, 3.05) is 5.32 Å². The van der Waals surface area contributed by atoms with Crippen LogP contribution in [0.25, 0.3) is 0 Å². The molecule has 0 fully saturated rings. The van der Waals surface area contributed by atoms with Gasteiger partial charge in [-0.2, -0.15) is 5.10 Å². The second kappa shape index (κ2) is 6.43. The fourth-order valence-corrected chi connectivity index (χ4v) is 2.11. The summed E-state index contributed by atoms with van der Waals surface area (Å²) < 4.78 is 27.0. The maximum absolute atomic E-state index is 12.9. The second-order valence-electron chi connectivity index (χ2n) is 5.02. The van der Waals surface area contributed by atoms with E-state index in [0.717, 1.165) is 11.3 Å². The third kappa shape index (κ3) is 3.82. The van der Waals surface area contributed by atoms with Crippen molar-refractivity contribution in [1.29, 1.82) is 0 Å². The predicted molar refractivity (Wildman–Crippen MR) is 82.1 cm³/mol. The van der Waals surface area contributed by atoms with Gasteiger partial charge in [-0.15, -0.1) is 0 Å². The number of aromatic nitrogens is 3. The van der Waals surface area contributed by atoms with Crippen molar-refractivity contribution in [3.63, 3.8) is 0 Å². The molecule has 0 amide bonds. The average molecular weight is 316 g/mol. The highest BCUT2D eigenvalue weighted by molar-refractivity contribution is 5.42. The summed E-state index contributed by atoms with van der Waals surface area (Å²) in [6.07, 6.45) is 0. The van der Waals surface area contributed by atoms with E-state index in [1.165, 1.54) is 28.9 Å². The van der Waals surface area contributed by atoms with Crippen molar-refractivity contribution in [1.82, 2.24) is 14.8 Å². The molecule has 5 nitrogen and oxygen atoms in total. The van der Waals surface area contributed by atoms with Crippen LogP contribution in [0.5, 0.6) is 0 Å². The molecule has 0 saturated heterocycles. The Kier molecular flexibility index (Phi) is 4.18. The maximum atomic E-state index is 12.9. The maximum Gasteiger partial charge on any atom is 0.343 e. The Morgan fingerprint density at radius 3 is 2.26 bits per heavy atom. The molecule has 118 valence electrons. The molecule has 0 atom stereocenters. The standard InChI is InChI=1S/C16H14F2N4O/c17-12-3-1-11(2-4-12)10-22-16(23)20-15(21-22)9-19-14-7-5-13(18)6-8-14/h1-8,19H,9-10H2,(H,20,21,23). The van der Waals surface area contributed by atoms with Crippen LogP contribution in [0, 0.1) is 11.6 Å². The van der Waals surface area contributed by atoms with Gasteiger partial charge in [0.1, 0.15) is 17.5 Å². The van der Waals surface area contributed by atoms with Crippen LogP contribution in [-0.2, 0) is 13.1 Å². The van der Waals surface area contributed by atoms with Gasteiger partial charge in [0.05, 0.1) is 13.1 Å². The molecular formula is C16H14F2N4O. The summed E-state index contributed by atoms with van der Waals surface area (Å²) in [5.41, 5.74) is 1.16. The summed E-state index contributed by atoms with van der Waals surface area (Å²) in [6, 6.07) is 11.8. The lowest BCUT2D eigenvalue weighted by atomic mass is 10.2. The molecule has 0 unspecified atom stereocenters. The number of hydrogen-bond acceptors (Lipinski definition) is 3. The number of nitrogens with zero attached hydrogens (tertiary/aromatic N) is 2. The van der Waals surface area contributed by atoms with Crippen LogP contribution in [0.4, 0.5) is 14.5 Å². The summed E-state index contributed by atoms with van der Waals surface area (Å²) in [5.74, 6) is -0.179. The van der Waals surface area contributed by atoms with Crippen LogP contribution in [-0.4, -0.2) is 14.8 Å². The molecule has 23 heavy (non-hydrogen) atoms. The monoisotopic (exact) mass is 316 g/mol. The molecule has 3 aromatic rings. The zero-order chi connectivity index (χ0) is 16.2. The molecule has 1 aromatic heterocycles. The van der Waals surface area contributed by atoms with Gasteiger partial charge in [0.15, 0.2) is 0 Å². The van der Waals surface area contributed by atoms with Crippen LogP contribution in [0.1, 0.15) is 11.4 Å². The summed E-state index contributed by atoms with van der Waals surface area (Å²) in [5, 5.41) is 7.22. The molecule has 2 N–H and O–H groups in total. The normalized spacial score (nSPS) is 10.7. The predicted octanol–water partition coefficient (Wildman–Crippen LogP) is 2.51. The number of aromatic amines is 1. The fourth-order valence-electron chi connectivity index (χ4n) is 2.11. The highest BCUT2D eigenvalue weighted by Gasteiger charge is 2.06. The van der Waals surface area contributed by atoms with Crippen molar-refractivity contribution in [3.05, 3.63) is 82.0 Å². The fraction of sp³-hybridized carbons (Fsp3) is 0.125. The Morgan fingerprint density at radius 1 is 1.00 bits per heavy atom. The average Bonchev–Trinajstić information content (AvgIpc) is 2.89. The number of anilines is 1. The van der Waals surface area contributed by atoms with Crippen molar-refractivity contribution >= 4 is 5.69 Å². The Morgan fingerprint density at radius 2 is 1.61 bits per heavy atom. The van der Waals surface area contributed by atoms with Gasteiger partial charge in [-0.3, -0.25) is 4.98 Å². The molecule has 2 aromatic carbocycles. The van der Waals surface area contributed by atoms with E-state index in [-0.39, 0.29) is 23.9 Å². The van der Waals surface area contributed by atoms with E-state index < -0.39 is 0 Å². The Balaban J connectivity index is 1.67. The lowest BCUT2D eigenvalue weighted by molar-refractivity contribution is 0.621. The molecule has 0 spiro atoms. The van der Waals surface area contributed by atoms with E-state index in [2.05, 4.69) is 15.4 Å². The van der Waals surface area contributed by atoms with E-state index in [1.54, 1.807) is 24.3 Å². The Hall–Kier alpha value is -2.96. The topological polar surface area (TPSA) is 62.7 Å². The molecule has 0 saturated carbocycles. The summed E-state index contributed by atoms with van der Waals surface area (Å²) in [7, 11) is 0. The minimum absolute atomic E-state index is 0.256. The van der Waals surface area contributed by atoms with Crippen LogP contribution in [0.2, 0.25) is 0 Å². The van der Waals surface area contributed by atoms with Gasteiger partial charge in [0.2, 0.25) is 0 Å².